The van der Waals surface area contributed by atoms with E-state index in [1.165, 1.54) is 14.0 Å². The van der Waals surface area contributed by atoms with Gasteiger partial charge in [0.25, 0.3) is 0 Å². The number of carbonyl (C=O) groups excluding carboxylic acids is 2. The average molecular weight is 207 g/mol. The molecule has 4 heteroatoms. The van der Waals surface area contributed by atoms with Crippen LogP contribution < -0.4 is 5.32 Å². The van der Waals surface area contributed by atoms with Gasteiger partial charge >= 0.3 is 5.97 Å². The standard InChI is InChI=1S/C11H13NO3/c1-7-4-5-10(12-8(2)13)9(6-7)11(14)15-3/h4-6H,1-3H3,(H,12,13). The van der Waals surface area contributed by atoms with Crippen molar-refractivity contribution in [2.45, 2.75) is 13.8 Å². The summed E-state index contributed by atoms with van der Waals surface area (Å²) in [6.07, 6.45) is 0. The molecule has 0 spiro atoms. The van der Waals surface area contributed by atoms with Gasteiger partial charge in [0.15, 0.2) is 0 Å². The first-order valence-corrected chi connectivity index (χ1v) is 4.51. The molecule has 0 aliphatic heterocycles. The summed E-state index contributed by atoms with van der Waals surface area (Å²) in [5.41, 5.74) is 1.78. The summed E-state index contributed by atoms with van der Waals surface area (Å²) in [6.45, 7) is 3.25. The van der Waals surface area contributed by atoms with Crippen LogP contribution in [0.1, 0.15) is 22.8 Å². The largest absolute Gasteiger partial charge is 0.465 e. The van der Waals surface area contributed by atoms with Crippen LogP contribution in [-0.4, -0.2) is 19.0 Å². The molecule has 0 unspecified atom stereocenters. The van der Waals surface area contributed by atoms with Gasteiger partial charge in [0.05, 0.1) is 18.4 Å². The van der Waals surface area contributed by atoms with Gasteiger partial charge in [-0.25, -0.2) is 4.79 Å². The molecule has 1 aromatic rings. The Morgan fingerprint density at radius 2 is 2.00 bits per heavy atom. The molecule has 0 aliphatic rings. The number of esters is 1. The summed E-state index contributed by atoms with van der Waals surface area (Å²) in [7, 11) is 1.31. The van der Waals surface area contributed by atoms with Gasteiger partial charge in [-0.3, -0.25) is 4.79 Å². The first kappa shape index (κ1) is 11.2. The summed E-state index contributed by atoms with van der Waals surface area (Å²) in [6, 6.07) is 5.18. The molecule has 0 radical (unpaired) electrons. The van der Waals surface area contributed by atoms with Crippen molar-refractivity contribution in [3.63, 3.8) is 0 Å². The van der Waals surface area contributed by atoms with Crippen molar-refractivity contribution in [1.82, 2.24) is 0 Å². The van der Waals surface area contributed by atoms with Gasteiger partial charge in [-0.1, -0.05) is 11.6 Å². The first-order valence-electron chi connectivity index (χ1n) is 4.51. The molecule has 0 bridgehead atoms. The molecule has 80 valence electrons. The lowest BCUT2D eigenvalue weighted by Gasteiger charge is -2.08. The summed E-state index contributed by atoms with van der Waals surface area (Å²) in [5, 5.41) is 2.58. The number of methoxy groups -OCH3 is 1. The van der Waals surface area contributed by atoms with Crippen LogP contribution in [0.5, 0.6) is 0 Å². The zero-order valence-electron chi connectivity index (χ0n) is 8.96. The highest BCUT2D eigenvalue weighted by molar-refractivity contribution is 6.00. The summed E-state index contributed by atoms with van der Waals surface area (Å²) >= 11 is 0. The van der Waals surface area contributed by atoms with Crippen LogP contribution in [0.25, 0.3) is 0 Å². The van der Waals surface area contributed by atoms with Gasteiger partial charge in [-0.15, -0.1) is 0 Å². The lowest BCUT2D eigenvalue weighted by molar-refractivity contribution is -0.114. The molecule has 0 fully saturated rings. The van der Waals surface area contributed by atoms with Gasteiger partial charge < -0.3 is 10.1 Å². The van der Waals surface area contributed by atoms with Crippen molar-refractivity contribution < 1.29 is 14.3 Å². The minimum absolute atomic E-state index is 0.219. The molecule has 0 aromatic heterocycles. The van der Waals surface area contributed by atoms with E-state index < -0.39 is 5.97 Å². The van der Waals surface area contributed by atoms with Gasteiger partial charge in [-0.05, 0) is 19.1 Å². The fourth-order valence-corrected chi connectivity index (χ4v) is 1.24. The predicted octanol–water partition coefficient (Wildman–Crippen LogP) is 1.74. The Bertz CT molecular complexity index is 399. The van der Waals surface area contributed by atoms with Crippen molar-refractivity contribution >= 4 is 17.6 Å². The number of ether oxygens (including phenoxy) is 1. The van der Waals surface area contributed by atoms with Crippen molar-refractivity contribution in [1.29, 1.82) is 0 Å². The quantitative estimate of drug-likeness (QED) is 0.751. The van der Waals surface area contributed by atoms with Crippen LogP contribution in [0.15, 0.2) is 18.2 Å². The molecule has 0 atom stereocenters. The van der Waals surface area contributed by atoms with Crippen molar-refractivity contribution in [2.24, 2.45) is 0 Å². The van der Waals surface area contributed by atoms with E-state index in [1.807, 2.05) is 13.0 Å². The number of anilines is 1. The molecule has 4 nitrogen and oxygen atoms in total. The van der Waals surface area contributed by atoms with Crippen LogP contribution in [0, 0.1) is 6.92 Å². The van der Waals surface area contributed by atoms with E-state index in [2.05, 4.69) is 10.1 Å². The molecule has 1 amide bonds. The van der Waals surface area contributed by atoms with Gasteiger partial charge in [0.2, 0.25) is 5.91 Å². The fourth-order valence-electron chi connectivity index (χ4n) is 1.24. The Morgan fingerprint density at radius 3 is 2.53 bits per heavy atom. The maximum absolute atomic E-state index is 11.4. The second-order valence-electron chi connectivity index (χ2n) is 3.22. The highest BCUT2D eigenvalue weighted by Gasteiger charge is 2.12. The Hall–Kier alpha value is -1.84. The van der Waals surface area contributed by atoms with Crippen LogP contribution in [0.3, 0.4) is 0 Å². The zero-order valence-corrected chi connectivity index (χ0v) is 8.96. The Balaban J connectivity index is 3.14. The van der Waals surface area contributed by atoms with Crippen LogP contribution in [-0.2, 0) is 9.53 Å². The van der Waals surface area contributed by atoms with Gasteiger partial charge in [0, 0.05) is 6.92 Å². The third-order valence-corrected chi connectivity index (χ3v) is 1.89. The second kappa shape index (κ2) is 4.59. The van der Waals surface area contributed by atoms with Gasteiger partial charge in [0.1, 0.15) is 0 Å². The average Bonchev–Trinajstić information content (AvgIpc) is 2.19. The van der Waals surface area contributed by atoms with E-state index in [4.69, 9.17) is 0 Å². The third-order valence-electron chi connectivity index (χ3n) is 1.89. The number of hydrogen-bond acceptors (Lipinski definition) is 3. The maximum atomic E-state index is 11.4. The minimum atomic E-state index is -0.456. The summed E-state index contributed by atoms with van der Waals surface area (Å²) < 4.78 is 4.62. The molecule has 0 saturated carbocycles. The van der Waals surface area contributed by atoms with Gasteiger partial charge in [-0.2, -0.15) is 0 Å². The number of aryl methyl sites for hydroxylation is 1. The summed E-state index contributed by atoms with van der Waals surface area (Å²) in [5.74, 6) is -0.675. The summed E-state index contributed by atoms with van der Waals surface area (Å²) in [4.78, 5) is 22.3. The van der Waals surface area contributed by atoms with Crippen LogP contribution in [0.2, 0.25) is 0 Å². The second-order valence-corrected chi connectivity index (χ2v) is 3.22. The van der Waals surface area contributed by atoms with Crippen molar-refractivity contribution in [3.8, 4) is 0 Å². The number of hydrogen-bond donors (Lipinski definition) is 1. The number of amides is 1. The lowest BCUT2D eigenvalue weighted by atomic mass is 10.1. The van der Waals surface area contributed by atoms with Crippen LogP contribution >= 0.6 is 0 Å². The van der Waals surface area contributed by atoms with Crippen molar-refractivity contribution in [2.75, 3.05) is 12.4 Å². The van der Waals surface area contributed by atoms with E-state index in [1.54, 1.807) is 12.1 Å². The maximum Gasteiger partial charge on any atom is 0.339 e. The molecule has 1 aromatic carbocycles. The van der Waals surface area contributed by atoms with E-state index in [0.717, 1.165) is 5.56 Å². The smallest absolute Gasteiger partial charge is 0.339 e. The van der Waals surface area contributed by atoms with E-state index in [9.17, 15) is 9.59 Å². The topological polar surface area (TPSA) is 55.4 Å². The Kier molecular flexibility index (Phi) is 3.44. The van der Waals surface area contributed by atoms with E-state index in [0.29, 0.717) is 11.3 Å². The van der Waals surface area contributed by atoms with E-state index >= 15 is 0 Å². The number of nitrogens with one attached hydrogen (secondary N) is 1. The predicted molar refractivity (Wildman–Crippen MR) is 56.8 cm³/mol. The molecule has 0 saturated heterocycles. The number of benzene rings is 1. The highest BCUT2D eigenvalue weighted by atomic mass is 16.5. The molecule has 1 N–H and O–H groups in total. The highest BCUT2D eigenvalue weighted by Crippen LogP contribution is 2.18. The lowest BCUT2D eigenvalue weighted by Crippen LogP contribution is -2.12. The minimum Gasteiger partial charge on any atom is -0.465 e. The number of rotatable bonds is 2. The molecular weight excluding hydrogens is 194 g/mol. The third kappa shape index (κ3) is 2.80. The number of carbonyl (C=O) groups is 2. The monoisotopic (exact) mass is 207 g/mol. The van der Waals surface area contributed by atoms with Crippen molar-refractivity contribution in [3.05, 3.63) is 29.3 Å². The van der Waals surface area contributed by atoms with Crippen LogP contribution in [0.4, 0.5) is 5.69 Å². The molecule has 0 heterocycles. The Morgan fingerprint density at radius 1 is 1.33 bits per heavy atom. The first-order chi connectivity index (χ1) is 7.04. The molecule has 15 heavy (non-hydrogen) atoms. The Labute approximate surface area is 88.2 Å². The normalized spacial score (nSPS) is 9.53. The van der Waals surface area contributed by atoms with E-state index in [-0.39, 0.29) is 5.91 Å². The SMILES string of the molecule is COC(=O)c1cc(C)ccc1NC(C)=O. The molecule has 0 aliphatic carbocycles. The molecular formula is C11H13NO3. The fraction of sp³-hybridized carbons (Fsp3) is 0.273. The zero-order chi connectivity index (χ0) is 11.4. The molecule has 1 rings (SSSR count).